The van der Waals surface area contributed by atoms with Gasteiger partial charge < -0.3 is 4.90 Å². The molecule has 2 aliphatic carbocycles. The van der Waals surface area contributed by atoms with Crippen LogP contribution in [0.25, 0.3) is 0 Å². The molecule has 2 saturated carbocycles. The lowest BCUT2D eigenvalue weighted by Gasteiger charge is -2.45. The lowest BCUT2D eigenvalue weighted by molar-refractivity contribution is -0.125. The maximum absolute atomic E-state index is 13.2. The highest BCUT2D eigenvalue weighted by molar-refractivity contribution is 5.92. The maximum Gasteiger partial charge on any atom is 0.158 e. The molecular weight excluding hydrogens is 330 g/mol. The molecule has 0 aromatic carbocycles. The largest absolute Gasteiger partial charge is 0.303 e. The van der Waals surface area contributed by atoms with Crippen molar-refractivity contribution in [1.29, 1.82) is 0 Å². The minimum absolute atomic E-state index is 0.230. The Bertz CT molecular complexity index is 506. The Morgan fingerprint density at radius 1 is 0.926 bits per heavy atom. The first-order chi connectivity index (χ1) is 13.0. The van der Waals surface area contributed by atoms with Crippen LogP contribution in [0.1, 0.15) is 79.1 Å². The summed E-state index contributed by atoms with van der Waals surface area (Å²) in [6.07, 6.45) is 14.8. The zero-order chi connectivity index (χ0) is 19.4. The third-order valence-electron chi connectivity index (χ3n) is 8.09. The van der Waals surface area contributed by atoms with E-state index in [0.29, 0.717) is 29.5 Å². The number of carbonyl (C=O) groups excluding carboxylic acids is 1. The molecule has 0 bridgehead atoms. The fourth-order valence-corrected chi connectivity index (χ4v) is 6.53. The second-order valence-electron chi connectivity index (χ2n) is 10.4. The molecule has 0 amide bonds. The SMILES string of the molecule is CC1CCCC(C=CC(=O)C2C(C)CC(C)C(CN3CCCCC3)C2C)C1. The summed E-state index contributed by atoms with van der Waals surface area (Å²) in [5.74, 6) is 4.56. The molecule has 0 aromatic heterocycles. The van der Waals surface area contributed by atoms with Crippen LogP contribution in [0.3, 0.4) is 0 Å². The van der Waals surface area contributed by atoms with E-state index in [2.05, 4.69) is 38.7 Å². The monoisotopic (exact) mass is 373 g/mol. The zero-order valence-electron chi connectivity index (χ0n) is 18.3. The molecule has 154 valence electrons. The fourth-order valence-electron chi connectivity index (χ4n) is 6.53. The first-order valence-corrected chi connectivity index (χ1v) is 11.9. The van der Waals surface area contributed by atoms with Crippen molar-refractivity contribution in [3.8, 4) is 0 Å². The molecule has 2 nitrogen and oxygen atoms in total. The highest BCUT2D eigenvalue weighted by Crippen LogP contribution is 2.43. The van der Waals surface area contributed by atoms with Crippen molar-refractivity contribution in [2.24, 2.45) is 41.4 Å². The molecule has 0 radical (unpaired) electrons. The Kier molecular flexibility index (Phi) is 7.59. The molecule has 2 heteroatoms. The van der Waals surface area contributed by atoms with E-state index in [9.17, 15) is 4.79 Å². The topological polar surface area (TPSA) is 20.3 Å². The number of nitrogens with zero attached hydrogens (tertiary/aromatic N) is 1. The van der Waals surface area contributed by atoms with Crippen LogP contribution in [0.15, 0.2) is 12.2 Å². The van der Waals surface area contributed by atoms with Crippen LogP contribution in [0, 0.1) is 41.4 Å². The van der Waals surface area contributed by atoms with Crippen LogP contribution in [-0.4, -0.2) is 30.3 Å². The summed E-state index contributed by atoms with van der Waals surface area (Å²) in [7, 11) is 0. The van der Waals surface area contributed by atoms with Crippen molar-refractivity contribution in [1.82, 2.24) is 4.90 Å². The van der Waals surface area contributed by atoms with Gasteiger partial charge in [0.15, 0.2) is 5.78 Å². The number of ketones is 1. The van der Waals surface area contributed by atoms with Gasteiger partial charge in [-0.1, -0.05) is 53.0 Å². The van der Waals surface area contributed by atoms with E-state index in [1.54, 1.807) is 0 Å². The first kappa shape index (κ1) is 21.1. The van der Waals surface area contributed by atoms with E-state index in [0.717, 1.165) is 11.8 Å². The molecule has 3 rings (SSSR count). The lowest BCUT2D eigenvalue weighted by atomic mass is 9.62. The number of allylic oxidation sites excluding steroid dienone is 2. The van der Waals surface area contributed by atoms with Crippen LogP contribution < -0.4 is 0 Å². The van der Waals surface area contributed by atoms with Gasteiger partial charge in [-0.2, -0.15) is 0 Å². The van der Waals surface area contributed by atoms with E-state index in [1.165, 1.54) is 71.0 Å². The van der Waals surface area contributed by atoms with Crippen molar-refractivity contribution in [2.75, 3.05) is 19.6 Å². The van der Waals surface area contributed by atoms with Crippen molar-refractivity contribution < 1.29 is 4.79 Å². The summed E-state index contributed by atoms with van der Waals surface area (Å²) in [5.41, 5.74) is 0. The molecule has 27 heavy (non-hydrogen) atoms. The molecule has 7 unspecified atom stereocenters. The average Bonchev–Trinajstić information content (AvgIpc) is 2.64. The van der Waals surface area contributed by atoms with E-state index in [4.69, 9.17) is 0 Å². The Morgan fingerprint density at radius 2 is 1.67 bits per heavy atom. The Balaban J connectivity index is 1.62. The molecule has 1 aliphatic heterocycles. The predicted octanol–water partition coefficient (Wildman–Crippen LogP) is 5.97. The number of rotatable bonds is 5. The quantitative estimate of drug-likeness (QED) is 0.553. The molecule has 0 spiro atoms. The van der Waals surface area contributed by atoms with Gasteiger partial charge in [0.1, 0.15) is 0 Å². The van der Waals surface area contributed by atoms with Crippen molar-refractivity contribution in [3.05, 3.63) is 12.2 Å². The Labute approximate surface area is 168 Å². The summed E-state index contributed by atoms with van der Waals surface area (Å²) < 4.78 is 0. The molecule has 0 N–H and O–H groups in total. The predicted molar refractivity (Wildman–Crippen MR) is 115 cm³/mol. The smallest absolute Gasteiger partial charge is 0.158 e. The van der Waals surface area contributed by atoms with E-state index >= 15 is 0 Å². The van der Waals surface area contributed by atoms with Gasteiger partial charge in [-0.05, 0) is 86.8 Å². The summed E-state index contributed by atoms with van der Waals surface area (Å²) in [6.45, 7) is 13.2. The van der Waals surface area contributed by atoms with Crippen LogP contribution in [-0.2, 0) is 4.79 Å². The van der Waals surface area contributed by atoms with Gasteiger partial charge in [0.2, 0.25) is 0 Å². The average molecular weight is 374 g/mol. The Morgan fingerprint density at radius 3 is 2.37 bits per heavy atom. The van der Waals surface area contributed by atoms with E-state index in [1.807, 2.05) is 6.08 Å². The number of likely N-dealkylation sites (tertiary alicyclic amines) is 1. The van der Waals surface area contributed by atoms with Gasteiger partial charge in [-0.3, -0.25) is 4.79 Å². The highest BCUT2D eigenvalue weighted by Gasteiger charge is 2.42. The van der Waals surface area contributed by atoms with Crippen LogP contribution >= 0.6 is 0 Å². The van der Waals surface area contributed by atoms with Gasteiger partial charge in [0.05, 0.1) is 0 Å². The second-order valence-corrected chi connectivity index (χ2v) is 10.4. The third-order valence-corrected chi connectivity index (χ3v) is 8.09. The standard InChI is InChI=1S/C25H43NO/c1-18-9-8-10-22(15-18)11-12-24(27)25-20(3)16-19(2)23(21(25)4)17-26-13-6-5-7-14-26/h11-12,18-23,25H,5-10,13-17H2,1-4H3. The van der Waals surface area contributed by atoms with Crippen molar-refractivity contribution >= 4 is 5.78 Å². The minimum atomic E-state index is 0.230. The number of hydrogen-bond donors (Lipinski definition) is 0. The van der Waals surface area contributed by atoms with E-state index in [-0.39, 0.29) is 5.92 Å². The normalized spacial score (nSPS) is 41.7. The third kappa shape index (κ3) is 5.46. The maximum atomic E-state index is 13.2. The van der Waals surface area contributed by atoms with Gasteiger partial charge in [-0.15, -0.1) is 0 Å². The highest BCUT2D eigenvalue weighted by atomic mass is 16.1. The second kappa shape index (κ2) is 9.72. The summed E-state index contributed by atoms with van der Waals surface area (Å²) >= 11 is 0. The van der Waals surface area contributed by atoms with Gasteiger partial charge in [-0.25, -0.2) is 0 Å². The van der Waals surface area contributed by atoms with Crippen LogP contribution in [0.5, 0.6) is 0 Å². The summed E-state index contributed by atoms with van der Waals surface area (Å²) in [6, 6.07) is 0. The van der Waals surface area contributed by atoms with Crippen molar-refractivity contribution in [3.63, 3.8) is 0 Å². The lowest BCUT2D eigenvalue weighted by Crippen LogP contribution is -2.46. The van der Waals surface area contributed by atoms with E-state index < -0.39 is 0 Å². The molecule has 3 fully saturated rings. The molecule has 3 aliphatic rings. The number of piperidine rings is 1. The Hall–Kier alpha value is -0.630. The van der Waals surface area contributed by atoms with Gasteiger partial charge >= 0.3 is 0 Å². The molecule has 1 saturated heterocycles. The number of hydrogen-bond acceptors (Lipinski definition) is 2. The van der Waals surface area contributed by atoms with Gasteiger partial charge in [0, 0.05) is 12.5 Å². The minimum Gasteiger partial charge on any atom is -0.303 e. The summed E-state index contributed by atoms with van der Waals surface area (Å²) in [4.78, 5) is 15.9. The van der Waals surface area contributed by atoms with Crippen LogP contribution in [0.2, 0.25) is 0 Å². The molecular formula is C25H43NO. The van der Waals surface area contributed by atoms with Crippen LogP contribution in [0.4, 0.5) is 0 Å². The molecule has 7 atom stereocenters. The fraction of sp³-hybridized carbons (Fsp3) is 0.880. The summed E-state index contributed by atoms with van der Waals surface area (Å²) in [5, 5.41) is 0. The van der Waals surface area contributed by atoms with Crippen molar-refractivity contribution in [2.45, 2.75) is 79.1 Å². The molecule has 1 heterocycles. The first-order valence-electron chi connectivity index (χ1n) is 11.9. The molecule has 0 aromatic rings. The van der Waals surface area contributed by atoms with Gasteiger partial charge in [0.25, 0.3) is 0 Å². The zero-order valence-corrected chi connectivity index (χ0v) is 18.3. The number of carbonyl (C=O) groups is 1.